The van der Waals surface area contributed by atoms with Crippen LogP contribution >= 0.6 is 0 Å². The minimum Gasteiger partial charge on any atom is -0.507 e. The van der Waals surface area contributed by atoms with Crippen molar-refractivity contribution in [3.63, 3.8) is 0 Å². The van der Waals surface area contributed by atoms with Gasteiger partial charge in [-0.15, -0.1) is 0 Å². The molecule has 5 aromatic carbocycles. The summed E-state index contributed by atoms with van der Waals surface area (Å²) in [4.78, 5) is 13.2. The summed E-state index contributed by atoms with van der Waals surface area (Å²) < 4.78 is 6.05. The van der Waals surface area contributed by atoms with E-state index < -0.39 is 5.97 Å². The molecule has 0 heterocycles. The molecule has 5 heteroatoms. The van der Waals surface area contributed by atoms with Gasteiger partial charge in [0.15, 0.2) is 0 Å². The zero-order chi connectivity index (χ0) is 27.6. The SMILES string of the molecule is O=C(Oc1c2cccc1Cc1cccc(c1O)Cc1cccc(c1O)Cc1cccc(c1O)C2)c1ccccc1. The Hall–Kier alpha value is -5.03. The Morgan fingerprint density at radius 2 is 0.775 bits per heavy atom. The third-order valence-electron chi connectivity index (χ3n) is 7.52. The second-order valence-electron chi connectivity index (χ2n) is 10.1. The lowest BCUT2D eigenvalue weighted by atomic mass is 9.91. The van der Waals surface area contributed by atoms with Gasteiger partial charge in [0.1, 0.15) is 23.0 Å². The van der Waals surface area contributed by atoms with E-state index in [1.807, 2.05) is 78.9 Å². The lowest BCUT2D eigenvalue weighted by molar-refractivity contribution is 0.0731. The summed E-state index contributed by atoms with van der Waals surface area (Å²) in [5.41, 5.74) is 6.00. The number of phenols is 3. The van der Waals surface area contributed by atoms with Crippen molar-refractivity contribution >= 4 is 5.97 Å². The van der Waals surface area contributed by atoms with E-state index in [4.69, 9.17) is 4.74 Å². The summed E-state index contributed by atoms with van der Waals surface area (Å²) in [5, 5.41) is 33.7. The molecule has 5 aromatic rings. The number of phenolic OH excluding ortho intramolecular Hbond substituents is 3. The van der Waals surface area contributed by atoms with E-state index in [-0.39, 0.29) is 17.2 Å². The normalized spacial score (nSPS) is 12.5. The third kappa shape index (κ3) is 4.90. The zero-order valence-electron chi connectivity index (χ0n) is 21.8. The molecule has 0 aliphatic heterocycles. The number of para-hydroxylation sites is 4. The van der Waals surface area contributed by atoms with Gasteiger partial charge in [0, 0.05) is 25.7 Å². The molecule has 8 bridgehead atoms. The highest BCUT2D eigenvalue weighted by Crippen LogP contribution is 2.37. The van der Waals surface area contributed by atoms with Crippen LogP contribution in [0, 0.1) is 0 Å². The Morgan fingerprint density at radius 3 is 1.15 bits per heavy atom. The van der Waals surface area contributed by atoms with Crippen molar-refractivity contribution in [1.29, 1.82) is 0 Å². The summed E-state index contributed by atoms with van der Waals surface area (Å²) in [6, 6.07) is 31.2. The van der Waals surface area contributed by atoms with Crippen LogP contribution in [0.15, 0.2) is 103 Å². The van der Waals surface area contributed by atoms with E-state index in [0.29, 0.717) is 70.4 Å². The Morgan fingerprint density at radius 1 is 0.450 bits per heavy atom. The van der Waals surface area contributed by atoms with Gasteiger partial charge >= 0.3 is 5.97 Å². The minimum absolute atomic E-state index is 0.146. The van der Waals surface area contributed by atoms with Crippen molar-refractivity contribution in [2.75, 3.05) is 0 Å². The second-order valence-corrected chi connectivity index (χ2v) is 10.1. The van der Waals surface area contributed by atoms with Crippen molar-refractivity contribution in [1.82, 2.24) is 0 Å². The molecule has 3 N–H and O–H groups in total. The molecular formula is C35H28O5. The molecule has 0 spiro atoms. The first-order valence-electron chi connectivity index (χ1n) is 13.2. The van der Waals surface area contributed by atoms with Gasteiger partial charge in [-0.05, 0) is 56.6 Å². The highest BCUT2D eigenvalue weighted by Gasteiger charge is 2.21. The van der Waals surface area contributed by atoms with E-state index in [0.717, 1.165) is 11.1 Å². The Balaban J connectivity index is 1.52. The molecule has 0 atom stereocenters. The summed E-state index contributed by atoms with van der Waals surface area (Å²) in [6.45, 7) is 0. The number of esters is 1. The van der Waals surface area contributed by atoms with Gasteiger partial charge in [-0.3, -0.25) is 0 Å². The summed E-state index contributed by atoms with van der Waals surface area (Å²) in [6.07, 6.45) is 1.31. The summed E-state index contributed by atoms with van der Waals surface area (Å²) >= 11 is 0. The molecule has 0 fully saturated rings. The standard InChI is InChI=1S/C35H28O5/c36-31-23-10-4-11-24(31)19-26-13-6-15-28(33(26)38)21-30-17-7-16-29(20-27-14-5-12-25(18-23)32(27)37)34(30)40-35(39)22-8-2-1-3-9-22/h1-17,36-38H,18-21H2. The number of carbonyl (C=O) groups excluding carboxylic acids is 1. The number of ether oxygens (including phenoxy) is 1. The highest BCUT2D eigenvalue weighted by atomic mass is 16.5. The molecular weight excluding hydrogens is 500 g/mol. The predicted molar refractivity (Wildman–Crippen MR) is 153 cm³/mol. The van der Waals surface area contributed by atoms with Crippen LogP contribution in [0.25, 0.3) is 0 Å². The number of fused-ring (bicyclic) bond motifs is 8. The quantitative estimate of drug-likeness (QED) is 0.172. The smallest absolute Gasteiger partial charge is 0.343 e. The van der Waals surface area contributed by atoms with Crippen molar-refractivity contribution in [2.24, 2.45) is 0 Å². The topological polar surface area (TPSA) is 87.0 Å². The minimum atomic E-state index is -0.478. The van der Waals surface area contributed by atoms with Crippen LogP contribution < -0.4 is 4.74 Å². The molecule has 40 heavy (non-hydrogen) atoms. The fraction of sp³-hybridized carbons (Fsp3) is 0.114. The van der Waals surface area contributed by atoms with Gasteiger partial charge in [-0.25, -0.2) is 4.79 Å². The van der Waals surface area contributed by atoms with Crippen LogP contribution in [-0.2, 0) is 25.7 Å². The summed E-state index contributed by atoms with van der Waals surface area (Å²) in [5.74, 6) is 0.389. The van der Waals surface area contributed by atoms with Crippen molar-refractivity contribution in [2.45, 2.75) is 25.7 Å². The first kappa shape index (κ1) is 25.3. The number of hydrogen-bond donors (Lipinski definition) is 3. The molecule has 0 unspecified atom stereocenters. The van der Waals surface area contributed by atoms with Crippen LogP contribution in [-0.4, -0.2) is 21.3 Å². The van der Waals surface area contributed by atoms with Crippen molar-refractivity contribution in [3.8, 4) is 23.0 Å². The molecule has 198 valence electrons. The Kier molecular flexibility index (Phi) is 6.71. The number of hydrogen-bond acceptors (Lipinski definition) is 5. The van der Waals surface area contributed by atoms with E-state index >= 15 is 0 Å². The van der Waals surface area contributed by atoms with Crippen LogP contribution in [0.1, 0.15) is 54.9 Å². The zero-order valence-corrected chi connectivity index (χ0v) is 21.8. The first-order chi connectivity index (χ1) is 19.5. The number of carbonyl (C=O) groups is 1. The largest absolute Gasteiger partial charge is 0.507 e. The second kappa shape index (κ2) is 10.6. The molecule has 0 amide bonds. The van der Waals surface area contributed by atoms with Gasteiger partial charge in [0.25, 0.3) is 0 Å². The molecule has 1 aliphatic rings. The summed E-state index contributed by atoms with van der Waals surface area (Å²) in [7, 11) is 0. The molecule has 1 aliphatic carbocycles. The fourth-order valence-corrected chi connectivity index (χ4v) is 5.38. The maximum Gasteiger partial charge on any atom is 0.343 e. The molecule has 0 saturated heterocycles. The van der Waals surface area contributed by atoms with Gasteiger partial charge < -0.3 is 20.1 Å². The van der Waals surface area contributed by atoms with E-state index in [2.05, 4.69) is 0 Å². The molecule has 0 radical (unpaired) electrons. The number of rotatable bonds is 2. The first-order valence-corrected chi connectivity index (χ1v) is 13.2. The highest BCUT2D eigenvalue weighted by molar-refractivity contribution is 5.91. The average molecular weight is 529 g/mol. The van der Waals surface area contributed by atoms with Crippen LogP contribution in [0.5, 0.6) is 23.0 Å². The van der Waals surface area contributed by atoms with Gasteiger partial charge in [0.05, 0.1) is 5.56 Å². The maximum absolute atomic E-state index is 13.2. The van der Waals surface area contributed by atoms with Crippen LogP contribution in [0.3, 0.4) is 0 Å². The molecule has 5 nitrogen and oxygen atoms in total. The van der Waals surface area contributed by atoms with Crippen LogP contribution in [0.4, 0.5) is 0 Å². The third-order valence-corrected chi connectivity index (χ3v) is 7.52. The van der Waals surface area contributed by atoms with Crippen molar-refractivity contribution < 1.29 is 24.9 Å². The number of benzene rings is 5. The fourth-order valence-electron chi connectivity index (χ4n) is 5.38. The van der Waals surface area contributed by atoms with E-state index in [1.165, 1.54) is 0 Å². The lowest BCUT2D eigenvalue weighted by Crippen LogP contribution is -2.12. The maximum atomic E-state index is 13.2. The van der Waals surface area contributed by atoms with Gasteiger partial charge in [-0.1, -0.05) is 91.0 Å². The Labute approximate surface area is 232 Å². The van der Waals surface area contributed by atoms with Crippen LogP contribution in [0.2, 0.25) is 0 Å². The molecule has 0 aromatic heterocycles. The van der Waals surface area contributed by atoms with E-state index in [9.17, 15) is 20.1 Å². The van der Waals surface area contributed by atoms with Gasteiger partial charge in [0.2, 0.25) is 0 Å². The predicted octanol–water partition coefficient (Wildman–Crippen LogP) is 6.70. The Bertz CT molecular complexity index is 1630. The van der Waals surface area contributed by atoms with Crippen molar-refractivity contribution in [3.05, 3.63) is 153 Å². The lowest BCUT2D eigenvalue weighted by Gasteiger charge is -2.18. The number of aromatic hydroxyl groups is 3. The molecule has 0 saturated carbocycles. The monoisotopic (exact) mass is 528 g/mol. The average Bonchev–Trinajstić information content (AvgIpc) is 2.96. The molecule has 6 rings (SSSR count). The van der Waals surface area contributed by atoms with E-state index in [1.54, 1.807) is 24.3 Å². The van der Waals surface area contributed by atoms with Gasteiger partial charge in [-0.2, -0.15) is 0 Å².